The molecule has 0 aliphatic carbocycles. The first-order chi connectivity index (χ1) is 12.4. The molecule has 0 unspecified atom stereocenters. The monoisotopic (exact) mass is 351 g/mol. The van der Waals surface area contributed by atoms with Gasteiger partial charge in [-0.3, -0.25) is 9.59 Å². The molecule has 132 valence electrons. The van der Waals surface area contributed by atoms with Crippen molar-refractivity contribution in [2.24, 2.45) is 0 Å². The highest BCUT2D eigenvalue weighted by Crippen LogP contribution is 2.21. The Kier molecular flexibility index (Phi) is 4.70. The Morgan fingerprint density at radius 3 is 2.69 bits per heavy atom. The lowest BCUT2D eigenvalue weighted by atomic mass is 10.1. The van der Waals surface area contributed by atoms with Crippen LogP contribution >= 0.6 is 0 Å². The Bertz CT molecular complexity index is 921. The van der Waals surface area contributed by atoms with Gasteiger partial charge >= 0.3 is 6.03 Å². The van der Waals surface area contributed by atoms with Gasteiger partial charge in [0.15, 0.2) is 0 Å². The van der Waals surface area contributed by atoms with Gasteiger partial charge in [0, 0.05) is 11.3 Å². The molecule has 1 aliphatic rings. The molecule has 0 saturated carbocycles. The second-order valence-corrected chi connectivity index (χ2v) is 5.86. The van der Waals surface area contributed by atoms with Crippen molar-refractivity contribution in [1.29, 1.82) is 0 Å². The number of phenols is 1. The van der Waals surface area contributed by atoms with Gasteiger partial charge < -0.3 is 15.7 Å². The van der Waals surface area contributed by atoms with E-state index in [4.69, 9.17) is 0 Å². The van der Waals surface area contributed by atoms with E-state index in [-0.39, 0.29) is 11.4 Å². The minimum Gasteiger partial charge on any atom is -0.507 e. The van der Waals surface area contributed by atoms with Crippen LogP contribution in [0.1, 0.15) is 11.1 Å². The number of aryl methyl sites for hydroxylation is 1. The lowest BCUT2D eigenvalue weighted by molar-refractivity contribution is -0.127. The lowest BCUT2D eigenvalue weighted by Gasteiger charge is -2.12. The van der Waals surface area contributed by atoms with E-state index in [2.05, 4.69) is 10.6 Å². The molecule has 0 aromatic heterocycles. The van der Waals surface area contributed by atoms with Crippen LogP contribution in [0.15, 0.2) is 54.2 Å². The number of hydrogen-bond acceptors (Lipinski definition) is 4. The van der Waals surface area contributed by atoms with Crippen molar-refractivity contribution in [3.05, 3.63) is 65.4 Å². The van der Waals surface area contributed by atoms with Gasteiger partial charge in [-0.05, 0) is 36.8 Å². The van der Waals surface area contributed by atoms with Crippen molar-refractivity contribution >= 4 is 29.6 Å². The highest BCUT2D eigenvalue weighted by Gasteiger charge is 2.35. The highest BCUT2D eigenvalue weighted by atomic mass is 16.3. The topological polar surface area (TPSA) is 98.7 Å². The highest BCUT2D eigenvalue weighted by molar-refractivity contribution is 6.16. The van der Waals surface area contributed by atoms with Gasteiger partial charge in [0.25, 0.3) is 5.91 Å². The number of anilines is 1. The largest absolute Gasteiger partial charge is 0.507 e. The normalized spacial score (nSPS) is 15.3. The van der Waals surface area contributed by atoms with Gasteiger partial charge in [-0.15, -0.1) is 0 Å². The van der Waals surface area contributed by atoms with Crippen LogP contribution in [0.5, 0.6) is 5.75 Å². The van der Waals surface area contributed by atoms with E-state index in [0.29, 0.717) is 11.3 Å². The first-order valence-corrected chi connectivity index (χ1v) is 7.93. The number of imide groups is 1. The molecule has 0 atom stereocenters. The molecule has 1 saturated heterocycles. The number of rotatable bonds is 4. The molecular weight excluding hydrogens is 334 g/mol. The number of aromatic hydroxyl groups is 1. The first kappa shape index (κ1) is 17.2. The third kappa shape index (κ3) is 3.72. The number of nitrogens with zero attached hydrogens (tertiary/aromatic N) is 1. The van der Waals surface area contributed by atoms with E-state index in [9.17, 15) is 19.5 Å². The van der Waals surface area contributed by atoms with Gasteiger partial charge in [-0.2, -0.15) is 0 Å². The summed E-state index contributed by atoms with van der Waals surface area (Å²) < 4.78 is 0. The van der Waals surface area contributed by atoms with Crippen molar-refractivity contribution in [3.8, 4) is 5.75 Å². The number of amides is 4. The minimum absolute atomic E-state index is 0.000134. The lowest BCUT2D eigenvalue weighted by Crippen LogP contribution is -2.38. The van der Waals surface area contributed by atoms with Crippen LogP contribution in [0.25, 0.3) is 6.08 Å². The number of phenolic OH excluding ortho intramolecular Hbond substituents is 1. The van der Waals surface area contributed by atoms with E-state index in [1.807, 2.05) is 13.0 Å². The third-order valence-corrected chi connectivity index (χ3v) is 3.80. The molecule has 1 fully saturated rings. The number of hydrogen-bond donors (Lipinski definition) is 3. The van der Waals surface area contributed by atoms with Crippen LogP contribution in [0.4, 0.5) is 10.5 Å². The van der Waals surface area contributed by atoms with E-state index >= 15 is 0 Å². The summed E-state index contributed by atoms with van der Waals surface area (Å²) in [6.07, 6.45) is 1.37. The van der Waals surface area contributed by atoms with Crippen LogP contribution in [0.2, 0.25) is 0 Å². The van der Waals surface area contributed by atoms with Crippen molar-refractivity contribution < 1.29 is 19.5 Å². The molecule has 0 radical (unpaired) electrons. The number of urea groups is 1. The van der Waals surface area contributed by atoms with Crippen molar-refractivity contribution in [3.63, 3.8) is 0 Å². The molecule has 2 aromatic carbocycles. The van der Waals surface area contributed by atoms with Crippen LogP contribution in [-0.4, -0.2) is 34.4 Å². The number of carbonyl (C=O) groups excluding carboxylic acids is 3. The van der Waals surface area contributed by atoms with Crippen molar-refractivity contribution in [2.45, 2.75) is 6.92 Å². The van der Waals surface area contributed by atoms with Gasteiger partial charge in [0.2, 0.25) is 5.91 Å². The number of nitrogens with one attached hydrogen (secondary N) is 2. The second-order valence-electron chi connectivity index (χ2n) is 5.86. The Morgan fingerprint density at radius 2 is 1.96 bits per heavy atom. The zero-order valence-electron chi connectivity index (χ0n) is 14.0. The molecular formula is C19H17N3O4. The van der Waals surface area contributed by atoms with Crippen molar-refractivity contribution in [1.82, 2.24) is 10.2 Å². The summed E-state index contributed by atoms with van der Waals surface area (Å²) in [7, 11) is 0. The molecule has 3 rings (SSSR count). The van der Waals surface area contributed by atoms with Crippen molar-refractivity contribution in [2.75, 3.05) is 11.9 Å². The molecule has 1 aliphatic heterocycles. The number of para-hydroxylation sites is 1. The van der Waals surface area contributed by atoms with Gasteiger partial charge in [-0.25, -0.2) is 9.69 Å². The summed E-state index contributed by atoms with van der Waals surface area (Å²) in [6, 6.07) is 12.9. The summed E-state index contributed by atoms with van der Waals surface area (Å²) in [5.41, 5.74) is 1.96. The molecule has 3 N–H and O–H groups in total. The van der Waals surface area contributed by atoms with E-state index < -0.39 is 24.4 Å². The molecule has 7 nitrogen and oxygen atoms in total. The number of carbonyl (C=O) groups is 3. The predicted molar refractivity (Wildman–Crippen MR) is 96.1 cm³/mol. The molecule has 0 bridgehead atoms. The molecule has 1 heterocycles. The summed E-state index contributed by atoms with van der Waals surface area (Å²) in [5.74, 6) is -1.13. The van der Waals surface area contributed by atoms with E-state index in [0.717, 1.165) is 10.5 Å². The molecule has 0 spiro atoms. The SMILES string of the molecule is Cc1cccc(NC(=O)CN2C(=O)N/C(=C\c3ccccc3O)C2=O)c1. The molecule has 7 heteroatoms. The van der Waals surface area contributed by atoms with Crippen LogP contribution in [0, 0.1) is 6.92 Å². The zero-order chi connectivity index (χ0) is 18.7. The minimum atomic E-state index is -0.684. The average Bonchev–Trinajstić information content (AvgIpc) is 2.84. The smallest absolute Gasteiger partial charge is 0.329 e. The average molecular weight is 351 g/mol. The Morgan fingerprint density at radius 1 is 1.19 bits per heavy atom. The summed E-state index contributed by atoms with van der Waals surface area (Å²) in [4.78, 5) is 37.4. The Hall–Kier alpha value is -3.61. The predicted octanol–water partition coefficient (Wildman–Crippen LogP) is 2.23. The fraction of sp³-hybridized carbons (Fsp3) is 0.105. The molecule has 2 aromatic rings. The van der Waals surface area contributed by atoms with Crippen LogP contribution in [-0.2, 0) is 9.59 Å². The fourth-order valence-corrected chi connectivity index (χ4v) is 2.55. The van der Waals surface area contributed by atoms with Gasteiger partial charge in [-0.1, -0.05) is 30.3 Å². The van der Waals surface area contributed by atoms with Gasteiger partial charge in [0.1, 0.15) is 18.0 Å². The number of benzene rings is 2. The standard InChI is InChI=1S/C19H17N3O4/c1-12-5-4-7-14(9-12)20-17(24)11-22-18(25)15(21-19(22)26)10-13-6-2-3-8-16(13)23/h2-10,23H,11H2,1H3,(H,20,24)(H,21,26)/b15-10-. The fourth-order valence-electron chi connectivity index (χ4n) is 2.55. The van der Waals surface area contributed by atoms with Crippen LogP contribution < -0.4 is 10.6 Å². The molecule has 4 amide bonds. The maximum absolute atomic E-state index is 12.4. The Balaban J connectivity index is 1.71. The summed E-state index contributed by atoms with van der Waals surface area (Å²) >= 11 is 0. The maximum atomic E-state index is 12.4. The first-order valence-electron chi connectivity index (χ1n) is 7.93. The summed E-state index contributed by atoms with van der Waals surface area (Å²) in [6.45, 7) is 1.49. The van der Waals surface area contributed by atoms with Crippen LogP contribution in [0.3, 0.4) is 0 Å². The third-order valence-electron chi connectivity index (χ3n) is 3.80. The van der Waals surface area contributed by atoms with E-state index in [1.54, 1.807) is 36.4 Å². The Labute approximate surface area is 149 Å². The van der Waals surface area contributed by atoms with Gasteiger partial charge in [0.05, 0.1) is 0 Å². The maximum Gasteiger partial charge on any atom is 0.329 e. The zero-order valence-corrected chi connectivity index (χ0v) is 14.0. The molecule has 26 heavy (non-hydrogen) atoms. The van der Waals surface area contributed by atoms with E-state index in [1.165, 1.54) is 12.1 Å². The second kappa shape index (κ2) is 7.10. The summed E-state index contributed by atoms with van der Waals surface area (Å²) in [5, 5.41) is 14.8. The quantitative estimate of drug-likeness (QED) is 0.581.